The first-order chi connectivity index (χ1) is 9.70. The van der Waals surface area contributed by atoms with Gasteiger partial charge in [0.1, 0.15) is 6.10 Å². The highest BCUT2D eigenvalue weighted by Gasteiger charge is 2.21. The minimum absolute atomic E-state index is 0.327. The van der Waals surface area contributed by atoms with Gasteiger partial charge in [-0.25, -0.2) is 4.98 Å². The van der Waals surface area contributed by atoms with Crippen molar-refractivity contribution in [3.05, 3.63) is 23.4 Å². The van der Waals surface area contributed by atoms with E-state index in [-0.39, 0.29) is 0 Å². The number of ether oxygens (including phenoxy) is 1. The van der Waals surface area contributed by atoms with Crippen LogP contribution < -0.4 is 10.1 Å². The van der Waals surface area contributed by atoms with Crippen molar-refractivity contribution in [2.75, 3.05) is 20.1 Å². The third kappa shape index (κ3) is 3.70. The van der Waals surface area contributed by atoms with Crippen molar-refractivity contribution in [3.63, 3.8) is 0 Å². The second kappa shape index (κ2) is 6.10. The van der Waals surface area contributed by atoms with Gasteiger partial charge in [-0.15, -0.1) is 0 Å². The van der Waals surface area contributed by atoms with E-state index in [1.807, 2.05) is 6.07 Å². The predicted octanol–water partition coefficient (Wildman–Crippen LogP) is 2.12. The van der Waals surface area contributed by atoms with Crippen molar-refractivity contribution < 1.29 is 4.74 Å². The van der Waals surface area contributed by atoms with Gasteiger partial charge in [-0.2, -0.15) is 0 Å². The van der Waals surface area contributed by atoms with Gasteiger partial charge in [-0.3, -0.25) is 0 Å². The first kappa shape index (κ1) is 13.8. The number of piperidine rings is 1. The van der Waals surface area contributed by atoms with Crippen molar-refractivity contribution in [1.82, 2.24) is 15.2 Å². The van der Waals surface area contributed by atoms with Crippen LogP contribution in [0.1, 0.15) is 36.9 Å². The van der Waals surface area contributed by atoms with Crippen LogP contribution in [-0.4, -0.2) is 42.2 Å². The number of likely N-dealkylation sites (tertiary alicyclic amines) is 1. The van der Waals surface area contributed by atoms with E-state index in [2.05, 4.69) is 35.2 Å². The van der Waals surface area contributed by atoms with E-state index in [4.69, 9.17) is 4.74 Å². The summed E-state index contributed by atoms with van der Waals surface area (Å²) in [4.78, 5) is 6.96. The first-order valence-corrected chi connectivity index (χ1v) is 7.76. The van der Waals surface area contributed by atoms with Crippen LogP contribution in [0.15, 0.2) is 12.1 Å². The van der Waals surface area contributed by atoms with Gasteiger partial charge in [0.25, 0.3) is 0 Å². The van der Waals surface area contributed by atoms with Crippen LogP contribution in [0, 0.1) is 6.92 Å². The Bertz CT molecular complexity index is 451. The Hall–Kier alpha value is -1.13. The van der Waals surface area contributed by atoms with Gasteiger partial charge < -0.3 is 15.0 Å². The highest BCUT2D eigenvalue weighted by Crippen LogP contribution is 2.21. The van der Waals surface area contributed by atoms with Gasteiger partial charge in [0.15, 0.2) is 0 Å². The van der Waals surface area contributed by atoms with E-state index in [0.717, 1.165) is 50.1 Å². The monoisotopic (exact) mass is 275 g/mol. The number of nitrogens with zero attached hydrogens (tertiary/aromatic N) is 2. The zero-order chi connectivity index (χ0) is 13.9. The largest absolute Gasteiger partial charge is 0.474 e. The zero-order valence-electron chi connectivity index (χ0n) is 12.6. The van der Waals surface area contributed by atoms with E-state index in [0.29, 0.717) is 6.10 Å². The molecule has 0 amide bonds. The maximum Gasteiger partial charge on any atom is 0.213 e. The summed E-state index contributed by atoms with van der Waals surface area (Å²) >= 11 is 0. The minimum atomic E-state index is 0.327. The second-order valence-electron chi connectivity index (χ2n) is 6.17. The smallest absolute Gasteiger partial charge is 0.213 e. The molecular formula is C16H25N3O. The van der Waals surface area contributed by atoms with Crippen LogP contribution in [0.5, 0.6) is 5.88 Å². The molecule has 1 aliphatic carbocycles. The molecule has 4 nitrogen and oxygen atoms in total. The van der Waals surface area contributed by atoms with Gasteiger partial charge in [0.05, 0.1) is 0 Å². The molecule has 1 N–H and O–H groups in total. The maximum atomic E-state index is 6.02. The first-order valence-electron chi connectivity index (χ1n) is 7.76. The van der Waals surface area contributed by atoms with Crippen molar-refractivity contribution in [3.8, 4) is 5.88 Å². The molecule has 1 saturated carbocycles. The van der Waals surface area contributed by atoms with Crippen LogP contribution >= 0.6 is 0 Å². The number of rotatable bonds is 5. The van der Waals surface area contributed by atoms with Gasteiger partial charge in [-0.1, -0.05) is 6.07 Å². The van der Waals surface area contributed by atoms with Crippen LogP contribution in [-0.2, 0) is 6.54 Å². The molecule has 0 atom stereocenters. The van der Waals surface area contributed by atoms with Crippen LogP contribution in [0.3, 0.4) is 0 Å². The Kier molecular flexibility index (Phi) is 4.22. The average Bonchev–Trinajstić information content (AvgIpc) is 3.25. The lowest BCUT2D eigenvalue weighted by molar-refractivity contribution is 0.110. The Morgan fingerprint density at radius 3 is 2.65 bits per heavy atom. The van der Waals surface area contributed by atoms with E-state index in [1.54, 1.807) is 0 Å². The van der Waals surface area contributed by atoms with Gasteiger partial charge in [-0.05, 0) is 45.2 Å². The molecule has 1 saturated heterocycles. The Morgan fingerprint density at radius 2 is 2.00 bits per heavy atom. The van der Waals surface area contributed by atoms with Crippen LogP contribution in [0.4, 0.5) is 0 Å². The van der Waals surface area contributed by atoms with E-state index < -0.39 is 0 Å². The van der Waals surface area contributed by atoms with Crippen molar-refractivity contribution in [1.29, 1.82) is 0 Å². The summed E-state index contributed by atoms with van der Waals surface area (Å²) in [5, 5.41) is 3.53. The van der Waals surface area contributed by atoms with Gasteiger partial charge in [0, 0.05) is 37.4 Å². The molecule has 4 heteroatoms. The SMILES string of the molecule is Cc1nc(OC2CCN(C)CC2)ccc1CNC1CC1. The number of hydrogen-bond donors (Lipinski definition) is 1. The average molecular weight is 275 g/mol. The topological polar surface area (TPSA) is 37.4 Å². The molecule has 2 fully saturated rings. The summed E-state index contributed by atoms with van der Waals surface area (Å²) in [7, 11) is 2.17. The molecule has 110 valence electrons. The highest BCUT2D eigenvalue weighted by atomic mass is 16.5. The summed E-state index contributed by atoms with van der Waals surface area (Å²) in [6, 6.07) is 4.92. The molecule has 2 heterocycles. The van der Waals surface area contributed by atoms with Crippen molar-refractivity contribution >= 4 is 0 Å². The Labute approximate surface area is 121 Å². The molecule has 3 rings (SSSR count). The fourth-order valence-corrected chi connectivity index (χ4v) is 2.63. The lowest BCUT2D eigenvalue weighted by atomic mass is 10.1. The lowest BCUT2D eigenvalue weighted by Gasteiger charge is -2.29. The summed E-state index contributed by atoms with van der Waals surface area (Å²) < 4.78 is 6.02. The highest BCUT2D eigenvalue weighted by molar-refractivity contribution is 5.25. The van der Waals surface area contributed by atoms with E-state index in [1.165, 1.54) is 18.4 Å². The molecule has 20 heavy (non-hydrogen) atoms. The molecule has 0 aromatic carbocycles. The molecule has 1 aliphatic heterocycles. The number of nitrogens with one attached hydrogen (secondary N) is 1. The maximum absolute atomic E-state index is 6.02. The Morgan fingerprint density at radius 1 is 1.25 bits per heavy atom. The fraction of sp³-hybridized carbons (Fsp3) is 0.688. The number of hydrogen-bond acceptors (Lipinski definition) is 4. The molecule has 0 bridgehead atoms. The summed E-state index contributed by atoms with van der Waals surface area (Å²) in [6.07, 6.45) is 5.17. The van der Waals surface area contributed by atoms with Crippen molar-refractivity contribution in [2.24, 2.45) is 0 Å². The van der Waals surface area contributed by atoms with E-state index >= 15 is 0 Å². The normalized spacial score (nSPS) is 21.1. The summed E-state index contributed by atoms with van der Waals surface area (Å²) in [5.74, 6) is 0.784. The van der Waals surface area contributed by atoms with E-state index in [9.17, 15) is 0 Å². The standard InChI is InChI=1S/C16H25N3O/c1-12-13(11-17-14-4-5-14)3-6-16(18-12)20-15-7-9-19(2)10-8-15/h3,6,14-15,17H,4-5,7-11H2,1-2H3. The summed E-state index contributed by atoms with van der Waals surface area (Å²) in [6.45, 7) is 5.24. The molecule has 2 aliphatic rings. The molecular weight excluding hydrogens is 250 g/mol. The molecule has 1 aromatic rings. The minimum Gasteiger partial charge on any atom is -0.474 e. The zero-order valence-corrected chi connectivity index (χ0v) is 12.6. The fourth-order valence-electron chi connectivity index (χ4n) is 2.63. The van der Waals surface area contributed by atoms with Gasteiger partial charge in [0.2, 0.25) is 5.88 Å². The van der Waals surface area contributed by atoms with Crippen molar-refractivity contribution in [2.45, 2.75) is 51.3 Å². The van der Waals surface area contributed by atoms with Crippen LogP contribution in [0.25, 0.3) is 0 Å². The van der Waals surface area contributed by atoms with Gasteiger partial charge >= 0.3 is 0 Å². The predicted molar refractivity (Wildman–Crippen MR) is 80.0 cm³/mol. The summed E-state index contributed by atoms with van der Waals surface area (Å²) in [5.41, 5.74) is 2.37. The quantitative estimate of drug-likeness (QED) is 0.893. The number of aromatic nitrogens is 1. The second-order valence-corrected chi connectivity index (χ2v) is 6.17. The molecule has 1 aromatic heterocycles. The molecule has 0 radical (unpaired) electrons. The molecule has 0 spiro atoms. The number of pyridine rings is 1. The third-order valence-corrected chi connectivity index (χ3v) is 4.28. The van der Waals surface area contributed by atoms with Crippen LogP contribution in [0.2, 0.25) is 0 Å². The Balaban J connectivity index is 1.55. The molecule has 0 unspecified atom stereocenters. The lowest BCUT2D eigenvalue weighted by Crippen LogP contribution is -2.35. The third-order valence-electron chi connectivity index (χ3n) is 4.28. The number of aryl methyl sites for hydroxylation is 1.